The molecule has 2 aromatic rings. The van der Waals surface area contributed by atoms with Crippen LogP contribution in [0.3, 0.4) is 0 Å². The molecule has 0 N–H and O–H groups in total. The number of benzene rings is 2. The van der Waals surface area contributed by atoms with E-state index in [4.69, 9.17) is 9.57 Å². The van der Waals surface area contributed by atoms with Gasteiger partial charge in [-0.2, -0.15) is 0 Å². The third-order valence-electron chi connectivity index (χ3n) is 3.72. The van der Waals surface area contributed by atoms with Crippen LogP contribution in [-0.4, -0.2) is 12.3 Å². The highest BCUT2D eigenvalue weighted by Crippen LogP contribution is 2.29. The van der Waals surface area contributed by atoms with Gasteiger partial charge in [-0.25, -0.2) is 0 Å². The number of rotatable bonds is 4. The summed E-state index contributed by atoms with van der Waals surface area (Å²) in [7, 11) is 0. The van der Waals surface area contributed by atoms with Crippen LogP contribution in [0.1, 0.15) is 24.5 Å². The van der Waals surface area contributed by atoms with Gasteiger partial charge >= 0.3 is 0 Å². The van der Waals surface area contributed by atoms with E-state index in [0.29, 0.717) is 13.2 Å². The van der Waals surface area contributed by atoms with E-state index in [-0.39, 0.29) is 5.92 Å². The Morgan fingerprint density at radius 1 is 1.10 bits per heavy atom. The fraction of sp³-hybridized carbons (Fsp3) is 0.278. The number of ether oxygens (including phenoxy) is 1. The van der Waals surface area contributed by atoms with E-state index < -0.39 is 0 Å². The van der Waals surface area contributed by atoms with Crippen molar-refractivity contribution < 1.29 is 9.57 Å². The van der Waals surface area contributed by atoms with E-state index in [0.717, 1.165) is 29.0 Å². The maximum Gasteiger partial charge on any atom is 0.142 e. The summed E-state index contributed by atoms with van der Waals surface area (Å²) in [4.78, 5) is 5.58. The summed E-state index contributed by atoms with van der Waals surface area (Å²) in [5.41, 5.74) is 3.16. The molecule has 21 heavy (non-hydrogen) atoms. The lowest BCUT2D eigenvalue weighted by atomic mass is 9.92. The van der Waals surface area contributed by atoms with E-state index in [9.17, 15) is 0 Å². The van der Waals surface area contributed by atoms with Crippen LogP contribution in [0.2, 0.25) is 0 Å². The lowest BCUT2D eigenvalue weighted by molar-refractivity contribution is 0.127. The number of oxime groups is 1. The van der Waals surface area contributed by atoms with Gasteiger partial charge in [0, 0.05) is 11.5 Å². The average molecular weight is 281 g/mol. The van der Waals surface area contributed by atoms with Crippen LogP contribution in [-0.2, 0) is 11.4 Å². The van der Waals surface area contributed by atoms with Crippen LogP contribution in [0.5, 0.6) is 5.75 Å². The molecule has 1 aliphatic rings. The van der Waals surface area contributed by atoms with Crippen LogP contribution in [0.4, 0.5) is 0 Å². The fourth-order valence-electron chi connectivity index (χ4n) is 2.48. The summed E-state index contributed by atoms with van der Waals surface area (Å²) in [5.74, 6) is 1.18. The first-order chi connectivity index (χ1) is 10.4. The molecule has 3 nitrogen and oxygen atoms in total. The van der Waals surface area contributed by atoms with Crippen molar-refractivity contribution in [3.05, 3.63) is 65.7 Å². The maximum absolute atomic E-state index is 5.79. The smallest absolute Gasteiger partial charge is 0.142 e. The van der Waals surface area contributed by atoms with Crippen molar-refractivity contribution >= 4 is 5.71 Å². The van der Waals surface area contributed by atoms with Gasteiger partial charge in [-0.3, -0.25) is 0 Å². The molecule has 1 aliphatic heterocycles. The number of nitrogens with zero attached hydrogens (tertiary/aromatic N) is 1. The molecule has 0 aromatic heterocycles. The molecule has 0 saturated heterocycles. The summed E-state index contributed by atoms with van der Waals surface area (Å²) < 4.78 is 5.79. The minimum absolute atomic E-state index is 0.288. The molecule has 3 rings (SSSR count). The van der Waals surface area contributed by atoms with Gasteiger partial charge < -0.3 is 9.57 Å². The Morgan fingerprint density at radius 2 is 1.86 bits per heavy atom. The molecular weight excluding hydrogens is 262 g/mol. The van der Waals surface area contributed by atoms with E-state index in [1.165, 1.54) is 0 Å². The molecule has 0 aliphatic carbocycles. The monoisotopic (exact) mass is 281 g/mol. The molecule has 108 valence electrons. The first-order valence-corrected chi connectivity index (χ1v) is 7.34. The number of para-hydroxylation sites is 1. The second-order valence-electron chi connectivity index (χ2n) is 5.15. The van der Waals surface area contributed by atoms with Crippen molar-refractivity contribution in [2.24, 2.45) is 11.1 Å². The summed E-state index contributed by atoms with van der Waals surface area (Å²) in [6, 6.07) is 18.1. The Hall–Kier alpha value is -2.29. The SMILES string of the molecule is CCC1COc2ccccc2/C1=N/OCc1ccccc1. The van der Waals surface area contributed by atoms with Crippen LogP contribution < -0.4 is 4.74 Å². The van der Waals surface area contributed by atoms with Gasteiger partial charge in [-0.15, -0.1) is 0 Å². The summed E-state index contributed by atoms with van der Waals surface area (Å²) in [5, 5.41) is 4.41. The highest BCUT2D eigenvalue weighted by Gasteiger charge is 2.25. The van der Waals surface area contributed by atoms with E-state index in [1.807, 2.05) is 54.6 Å². The molecular formula is C18H19NO2. The van der Waals surface area contributed by atoms with Crippen LogP contribution in [0.15, 0.2) is 59.8 Å². The molecule has 0 amide bonds. The average Bonchev–Trinajstić information content (AvgIpc) is 2.56. The fourth-order valence-corrected chi connectivity index (χ4v) is 2.48. The summed E-state index contributed by atoms with van der Waals surface area (Å²) in [6.45, 7) is 3.31. The molecule has 2 aromatic carbocycles. The zero-order valence-electron chi connectivity index (χ0n) is 12.2. The van der Waals surface area contributed by atoms with Crippen molar-refractivity contribution in [1.82, 2.24) is 0 Å². The Balaban J connectivity index is 1.79. The first kappa shape index (κ1) is 13.7. The predicted molar refractivity (Wildman–Crippen MR) is 83.5 cm³/mol. The van der Waals surface area contributed by atoms with Gasteiger partial charge in [0.25, 0.3) is 0 Å². The zero-order valence-corrected chi connectivity index (χ0v) is 12.2. The Morgan fingerprint density at radius 3 is 2.67 bits per heavy atom. The second-order valence-corrected chi connectivity index (χ2v) is 5.15. The zero-order chi connectivity index (χ0) is 14.5. The number of hydrogen-bond acceptors (Lipinski definition) is 3. The van der Waals surface area contributed by atoms with Crippen LogP contribution in [0, 0.1) is 5.92 Å². The molecule has 1 heterocycles. The van der Waals surface area contributed by atoms with Gasteiger partial charge in [-0.1, -0.05) is 54.5 Å². The highest BCUT2D eigenvalue weighted by molar-refractivity contribution is 6.05. The van der Waals surface area contributed by atoms with Crippen molar-refractivity contribution in [2.45, 2.75) is 20.0 Å². The molecule has 0 radical (unpaired) electrons. The summed E-state index contributed by atoms with van der Waals surface area (Å²) in [6.07, 6.45) is 0.988. The number of hydrogen-bond donors (Lipinski definition) is 0. The van der Waals surface area contributed by atoms with Crippen molar-refractivity contribution in [1.29, 1.82) is 0 Å². The van der Waals surface area contributed by atoms with Crippen molar-refractivity contribution in [3.63, 3.8) is 0 Å². The quantitative estimate of drug-likeness (QED) is 0.792. The Labute approximate surface area is 125 Å². The molecule has 0 bridgehead atoms. The molecule has 1 atom stereocenters. The molecule has 0 spiro atoms. The van der Waals surface area contributed by atoms with Crippen LogP contribution >= 0.6 is 0 Å². The normalized spacial score (nSPS) is 18.9. The highest BCUT2D eigenvalue weighted by atomic mass is 16.6. The molecule has 1 unspecified atom stereocenters. The number of fused-ring (bicyclic) bond motifs is 1. The van der Waals surface area contributed by atoms with E-state index in [1.54, 1.807) is 0 Å². The van der Waals surface area contributed by atoms with Gasteiger partial charge in [0.05, 0.1) is 12.3 Å². The van der Waals surface area contributed by atoms with E-state index >= 15 is 0 Å². The van der Waals surface area contributed by atoms with Gasteiger partial charge in [-0.05, 0) is 24.1 Å². The third-order valence-corrected chi connectivity index (χ3v) is 3.72. The van der Waals surface area contributed by atoms with Crippen molar-refractivity contribution in [3.8, 4) is 5.75 Å². The Bertz CT molecular complexity index is 622. The third kappa shape index (κ3) is 3.07. The van der Waals surface area contributed by atoms with Gasteiger partial charge in [0.2, 0.25) is 0 Å². The largest absolute Gasteiger partial charge is 0.492 e. The Kier molecular flexibility index (Phi) is 4.20. The van der Waals surface area contributed by atoms with Crippen molar-refractivity contribution in [2.75, 3.05) is 6.61 Å². The second kappa shape index (κ2) is 6.44. The van der Waals surface area contributed by atoms with Gasteiger partial charge in [0.15, 0.2) is 0 Å². The van der Waals surface area contributed by atoms with Crippen LogP contribution in [0.25, 0.3) is 0 Å². The minimum Gasteiger partial charge on any atom is -0.492 e. The topological polar surface area (TPSA) is 30.8 Å². The van der Waals surface area contributed by atoms with E-state index in [2.05, 4.69) is 12.1 Å². The predicted octanol–water partition coefficient (Wildman–Crippen LogP) is 4.03. The minimum atomic E-state index is 0.288. The molecule has 0 saturated carbocycles. The first-order valence-electron chi connectivity index (χ1n) is 7.34. The lowest BCUT2D eigenvalue weighted by Crippen LogP contribution is -2.28. The maximum atomic E-state index is 5.79. The summed E-state index contributed by atoms with van der Waals surface area (Å²) >= 11 is 0. The lowest BCUT2D eigenvalue weighted by Gasteiger charge is -2.25. The van der Waals surface area contributed by atoms with Gasteiger partial charge in [0.1, 0.15) is 12.4 Å². The molecule has 3 heteroatoms. The molecule has 0 fully saturated rings. The standard InChI is InChI=1S/C18H19NO2/c1-2-15-13-20-17-11-7-6-10-16(17)18(15)19-21-12-14-8-4-3-5-9-14/h3-11,15H,2,12-13H2,1H3/b19-18+.